The van der Waals surface area contributed by atoms with Gasteiger partial charge in [-0.1, -0.05) is 23.2 Å². The number of amides is 1. The summed E-state index contributed by atoms with van der Waals surface area (Å²) in [5, 5.41) is 2.48. The summed E-state index contributed by atoms with van der Waals surface area (Å²) in [4.78, 5) is 23.5. The SMILES string of the molecule is O=C(Nc1cc(F)c(=O)n(CC(F)F)c1)c1cc(Cl)c(Cl)s1. The van der Waals surface area contributed by atoms with Gasteiger partial charge in [0.15, 0.2) is 5.82 Å². The number of hydrogen-bond donors (Lipinski definition) is 1. The Morgan fingerprint density at radius 2 is 2.05 bits per heavy atom. The lowest BCUT2D eigenvalue weighted by atomic mass is 10.3. The van der Waals surface area contributed by atoms with Crippen LogP contribution in [-0.4, -0.2) is 16.9 Å². The van der Waals surface area contributed by atoms with Crippen molar-refractivity contribution >= 4 is 46.1 Å². The molecule has 0 saturated carbocycles. The molecule has 0 aliphatic rings. The van der Waals surface area contributed by atoms with Crippen LogP contribution in [0.2, 0.25) is 9.36 Å². The minimum absolute atomic E-state index is 0.136. The van der Waals surface area contributed by atoms with Gasteiger partial charge in [0, 0.05) is 12.3 Å². The maximum absolute atomic E-state index is 13.4. The molecule has 0 aromatic carbocycles. The van der Waals surface area contributed by atoms with Crippen molar-refractivity contribution in [2.75, 3.05) is 5.32 Å². The molecule has 10 heteroatoms. The molecule has 2 heterocycles. The number of carbonyl (C=O) groups is 1. The van der Waals surface area contributed by atoms with E-state index in [1.54, 1.807) is 0 Å². The first-order valence-corrected chi connectivity index (χ1v) is 7.29. The number of aromatic nitrogens is 1. The third-order valence-electron chi connectivity index (χ3n) is 2.50. The molecule has 0 atom stereocenters. The molecule has 0 bridgehead atoms. The maximum atomic E-state index is 13.4. The lowest BCUT2D eigenvalue weighted by Gasteiger charge is -2.09. The highest BCUT2D eigenvalue weighted by atomic mass is 35.5. The fourth-order valence-corrected chi connectivity index (χ4v) is 2.87. The number of thiophene rings is 1. The van der Waals surface area contributed by atoms with Gasteiger partial charge in [0.05, 0.1) is 22.1 Å². The maximum Gasteiger partial charge on any atom is 0.286 e. The second-order valence-corrected chi connectivity index (χ2v) is 6.17. The van der Waals surface area contributed by atoms with E-state index in [-0.39, 0.29) is 19.9 Å². The first kappa shape index (κ1) is 16.9. The van der Waals surface area contributed by atoms with Crippen molar-refractivity contribution in [2.45, 2.75) is 13.0 Å². The first-order valence-electron chi connectivity index (χ1n) is 5.72. The number of nitrogens with one attached hydrogen (secondary N) is 1. The van der Waals surface area contributed by atoms with Crippen LogP contribution in [0.5, 0.6) is 0 Å². The van der Waals surface area contributed by atoms with Gasteiger partial charge >= 0.3 is 0 Å². The molecule has 0 spiro atoms. The van der Waals surface area contributed by atoms with Crippen molar-refractivity contribution in [2.24, 2.45) is 0 Å². The Labute approximate surface area is 136 Å². The lowest BCUT2D eigenvalue weighted by molar-refractivity contribution is 0.103. The van der Waals surface area contributed by atoms with Crippen LogP contribution in [0.25, 0.3) is 0 Å². The second-order valence-electron chi connectivity index (χ2n) is 4.11. The van der Waals surface area contributed by atoms with Crippen molar-refractivity contribution in [3.05, 3.63) is 48.7 Å². The monoisotopic (exact) mass is 370 g/mol. The highest BCUT2D eigenvalue weighted by Crippen LogP contribution is 2.31. The zero-order valence-electron chi connectivity index (χ0n) is 10.6. The highest BCUT2D eigenvalue weighted by Gasteiger charge is 2.15. The van der Waals surface area contributed by atoms with Gasteiger partial charge in [0.25, 0.3) is 17.9 Å². The number of rotatable bonds is 4. The predicted molar refractivity (Wildman–Crippen MR) is 79.0 cm³/mol. The molecule has 2 aromatic heterocycles. The zero-order valence-corrected chi connectivity index (χ0v) is 12.9. The van der Waals surface area contributed by atoms with E-state index in [1.165, 1.54) is 6.07 Å². The molecule has 2 aromatic rings. The summed E-state index contributed by atoms with van der Waals surface area (Å²) in [5.74, 6) is -1.90. The van der Waals surface area contributed by atoms with Crippen LogP contribution in [0.15, 0.2) is 23.1 Å². The largest absolute Gasteiger partial charge is 0.320 e. The summed E-state index contributed by atoms with van der Waals surface area (Å²) in [5.41, 5.74) is -1.33. The molecule has 0 radical (unpaired) electrons. The molecule has 1 N–H and O–H groups in total. The number of nitrogens with zero attached hydrogens (tertiary/aromatic N) is 1. The van der Waals surface area contributed by atoms with Gasteiger partial charge in [0.2, 0.25) is 0 Å². The summed E-state index contributed by atoms with van der Waals surface area (Å²) in [6.07, 6.45) is -1.90. The summed E-state index contributed by atoms with van der Waals surface area (Å²) in [7, 11) is 0. The number of halogens is 5. The number of anilines is 1. The van der Waals surface area contributed by atoms with E-state index in [0.29, 0.717) is 4.57 Å². The van der Waals surface area contributed by atoms with Crippen LogP contribution in [0.1, 0.15) is 9.67 Å². The second kappa shape index (κ2) is 6.72. The van der Waals surface area contributed by atoms with Crippen molar-refractivity contribution in [3.63, 3.8) is 0 Å². The van der Waals surface area contributed by atoms with Crippen LogP contribution in [-0.2, 0) is 6.54 Å². The smallest absolute Gasteiger partial charge is 0.286 e. The average molecular weight is 371 g/mol. The Morgan fingerprint density at radius 1 is 1.36 bits per heavy atom. The quantitative estimate of drug-likeness (QED) is 0.887. The standard InChI is InChI=1S/C12H7Cl2F3N2O2S/c13-6-2-8(22-10(6)14)11(20)18-5-1-7(15)12(21)19(3-5)4-9(16)17/h1-3,9H,4H2,(H,18,20). The molecular weight excluding hydrogens is 364 g/mol. The molecule has 4 nitrogen and oxygen atoms in total. The van der Waals surface area contributed by atoms with Crippen LogP contribution >= 0.6 is 34.5 Å². The fourth-order valence-electron chi connectivity index (χ4n) is 1.60. The van der Waals surface area contributed by atoms with Gasteiger partial charge < -0.3 is 9.88 Å². The Morgan fingerprint density at radius 3 is 2.59 bits per heavy atom. The number of hydrogen-bond acceptors (Lipinski definition) is 3. The van der Waals surface area contributed by atoms with Crippen molar-refractivity contribution in [1.29, 1.82) is 0 Å². The van der Waals surface area contributed by atoms with E-state index in [4.69, 9.17) is 23.2 Å². The summed E-state index contributed by atoms with van der Waals surface area (Å²) in [6, 6.07) is 2.06. The minimum atomic E-state index is -2.84. The van der Waals surface area contributed by atoms with E-state index in [2.05, 4.69) is 5.32 Å². The number of alkyl halides is 2. The van der Waals surface area contributed by atoms with Gasteiger partial charge in [-0.25, -0.2) is 13.2 Å². The molecule has 1 amide bonds. The molecule has 22 heavy (non-hydrogen) atoms. The van der Waals surface area contributed by atoms with E-state index < -0.39 is 30.3 Å². The minimum Gasteiger partial charge on any atom is -0.320 e. The molecule has 0 unspecified atom stereocenters. The van der Waals surface area contributed by atoms with Crippen LogP contribution in [0.4, 0.5) is 18.9 Å². The van der Waals surface area contributed by atoms with Crippen LogP contribution < -0.4 is 10.9 Å². The van der Waals surface area contributed by atoms with E-state index in [1.807, 2.05) is 0 Å². The third-order valence-corrected chi connectivity index (χ3v) is 4.37. The van der Waals surface area contributed by atoms with Crippen molar-refractivity contribution in [3.8, 4) is 0 Å². The lowest BCUT2D eigenvalue weighted by Crippen LogP contribution is -2.26. The molecule has 0 aliphatic carbocycles. The third kappa shape index (κ3) is 3.82. The molecular formula is C12H7Cl2F3N2O2S. The Bertz CT molecular complexity index is 757. The van der Waals surface area contributed by atoms with Crippen molar-refractivity contribution in [1.82, 2.24) is 4.57 Å². The summed E-state index contributed by atoms with van der Waals surface area (Å²) >= 11 is 12.3. The zero-order chi connectivity index (χ0) is 16.4. The summed E-state index contributed by atoms with van der Waals surface area (Å²) in [6.45, 7) is -0.976. The first-order chi connectivity index (χ1) is 10.3. The Balaban J connectivity index is 2.27. The highest BCUT2D eigenvalue weighted by molar-refractivity contribution is 7.18. The topological polar surface area (TPSA) is 51.1 Å². The average Bonchev–Trinajstić information content (AvgIpc) is 2.75. The Kier molecular flexibility index (Phi) is 5.15. The van der Waals surface area contributed by atoms with Gasteiger partial charge in [-0.05, 0) is 6.07 Å². The fraction of sp³-hybridized carbons (Fsp3) is 0.167. The molecule has 118 valence electrons. The molecule has 2 rings (SSSR count). The van der Waals surface area contributed by atoms with Crippen LogP contribution in [0, 0.1) is 5.82 Å². The molecule has 0 aliphatic heterocycles. The summed E-state index contributed by atoms with van der Waals surface area (Å²) < 4.78 is 38.8. The van der Waals surface area contributed by atoms with Gasteiger partial charge in [-0.2, -0.15) is 0 Å². The molecule has 0 fully saturated rings. The molecule has 0 saturated heterocycles. The number of carbonyl (C=O) groups excluding carboxylic acids is 1. The normalized spacial score (nSPS) is 11.0. The van der Waals surface area contributed by atoms with E-state index in [9.17, 15) is 22.8 Å². The number of pyridine rings is 1. The van der Waals surface area contributed by atoms with Gasteiger partial charge in [0.1, 0.15) is 4.34 Å². The van der Waals surface area contributed by atoms with Crippen LogP contribution in [0.3, 0.4) is 0 Å². The van der Waals surface area contributed by atoms with Crippen molar-refractivity contribution < 1.29 is 18.0 Å². The van der Waals surface area contributed by atoms with E-state index in [0.717, 1.165) is 23.6 Å². The Hall–Kier alpha value is -1.51. The van der Waals surface area contributed by atoms with Gasteiger partial charge in [-0.3, -0.25) is 9.59 Å². The predicted octanol–water partition coefficient (Wildman–Crippen LogP) is 3.87. The van der Waals surface area contributed by atoms with E-state index >= 15 is 0 Å². The van der Waals surface area contributed by atoms with Gasteiger partial charge in [-0.15, -0.1) is 11.3 Å².